The first-order valence-corrected chi connectivity index (χ1v) is 8.67. The molecule has 2 heterocycles. The Morgan fingerprint density at radius 1 is 1.30 bits per heavy atom. The number of imidazole rings is 1. The van der Waals surface area contributed by atoms with E-state index in [0.717, 1.165) is 4.47 Å². The van der Waals surface area contributed by atoms with Crippen molar-refractivity contribution in [2.45, 2.75) is 19.6 Å². The van der Waals surface area contributed by atoms with Gasteiger partial charge in [0, 0.05) is 16.2 Å². The molecule has 0 saturated heterocycles. The van der Waals surface area contributed by atoms with Gasteiger partial charge in [-0.2, -0.15) is 8.78 Å². The van der Waals surface area contributed by atoms with Gasteiger partial charge in [-0.25, -0.2) is 9.78 Å². The molecular formula is C18H15BrF2N2O4. The molecule has 1 atom stereocenters. The lowest BCUT2D eigenvalue weighted by molar-refractivity contribution is -0.143. The number of aliphatic carboxylic acids is 1. The predicted molar refractivity (Wildman–Crippen MR) is 96.1 cm³/mol. The molecule has 0 aliphatic rings. The zero-order valence-electron chi connectivity index (χ0n) is 14.1. The van der Waals surface area contributed by atoms with E-state index < -0.39 is 25.3 Å². The second-order valence-electron chi connectivity index (χ2n) is 5.66. The lowest BCUT2D eigenvalue weighted by atomic mass is 10.0. The fourth-order valence-electron chi connectivity index (χ4n) is 2.84. The van der Waals surface area contributed by atoms with Crippen LogP contribution in [-0.4, -0.2) is 33.7 Å². The maximum atomic E-state index is 12.8. The Kier molecular flexibility index (Phi) is 5.71. The van der Waals surface area contributed by atoms with Crippen LogP contribution in [0.5, 0.6) is 5.75 Å². The molecule has 0 aliphatic heterocycles. The van der Waals surface area contributed by atoms with Gasteiger partial charge in [0.15, 0.2) is 0 Å². The summed E-state index contributed by atoms with van der Waals surface area (Å²) in [7, 11) is 0. The number of para-hydroxylation sites is 1. The number of carboxylic acids is 1. The van der Waals surface area contributed by atoms with Crippen molar-refractivity contribution >= 4 is 27.5 Å². The van der Waals surface area contributed by atoms with Gasteiger partial charge in [0.25, 0.3) is 0 Å². The van der Waals surface area contributed by atoms with E-state index in [1.807, 2.05) is 6.07 Å². The highest BCUT2D eigenvalue weighted by Gasteiger charge is 2.27. The van der Waals surface area contributed by atoms with Crippen LogP contribution in [0.3, 0.4) is 0 Å². The molecule has 3 rings (SSSR count). The van der Waals surface area contributed by atoms with E-state index in [2.05, 4.69) is 25.7 Å². The van der Waals surface area contributed by atoms with Crippen LogP contribution in [-0.2, 0) is 9.53 Å². The van der Waals surface area contributed by atoms with E-state index in [-0.39, 0.29) is 11.3 Å². The number of halogens is 3. The van der Waals surface area contributed by atoms with Crippen LogP contribution in [0, 0.1) is 6.92 Å². The number of rotatable bonds is 7. The SMILES string of the molecule is Cc1nc2ccc(Br)cn2c1C(OCC(=O)O)c1ccccc1OC(F)F. The van der Waals surface area contributed by atoms with Crippen molar-refractivity contribution in [1.29, 1.82) is 0 Å². The van der Waals surface area contributed by atoms with Gasteiger partial charge in [0.05, 0.1) is 11.4 Å². The number of carboxylic acid groups (broad SMARTS) is 1. The number of hydrogen-bond donors (Lipinski definition) is 1. The van der Waals surface area contributed by atoms with Crippen LogP contribution >= 0.6 is 15.9 Å². The lowest BCUT2D eigenvalue weighted by Gasteiger charge is -2.21. The van der Waals surface area contributed by atoms with E-state index in [9.17, 15) is 13.6 Å². The number of benzene rings is 1. The maximum Gasteiger partial charge on any atom is 0.387 e. The monoisotopic (exact) mass is 440 g/mol. The molecule has 9 heteroatoms. The summed E-state index contributed by atoms with van der Waals surface area (Å²) in [4.78, 5) is 15.5. The van der Waals surface area contributed by atoms with Crippen LogP contribution < -0.4 is 4.74 Å². The Labute approximate surface area is 161 Å². The fraction of sp³-hybridized carbons (Fsp3) is 0.222. The molecule has 3 aromatic rings. The number of aromatic nitrogens is 2. The molecule has 1 unspecified atom stereocenters. The van der Waals surface area contributed by atoms with E-state index in [0.29, 0.717) is 17.0 Å². The first-order chi connectivity index (χ1) is 12.9. The molecule has 27 heavy (non-hydrogen) atoms. The van der Waals surface area contributed by atoms with Gasteiger partial charge < -0.3 is 14.6 Å². The standard InChI is InChI=1S/C18H15BrF2N2O4/c1-10-16(23-8-11(19)6-7-14(23)22-10)17(26-9-15(24)25)12-4-2-3-5-13(12)27-18(20)21/h2-8,17-18H,9H2,1H3,(H,24,25). The summed E-state index contributed by atoms with van der Waals surface area (Å²) >= 11 is 3.38. The molecule has 142 valence electrons. The van der Waals surface area contributed by atoms with Crippen molar-refractivity contribution in [1.82, 2.24) is 9.38 Å². The minimum Gasteiger partial charge on any atom is -0.480 e. The summed E-state index contributed by atoms with van der Waals surface area (Å²) in [6, 6.07) is 9.71. The second-order valence-corrected chi connectivity index (χ2v) is 6.57. The molecule has 0 amide bonds. The fourth-order valence-corrected chi connectivity index (χ4v) is 3.18. The number of aryl methyl sites for hydroxylation is 1. The summed E-state index contributed by atoms with van der Waals surface area (Å²) in [6.07, 6.45) is 0.776. The van der Waals surface area contributed by atoms with Crippen molar-refractivity contribution in [3.05, 3.63) is 64.0 Å². The number of nitrogens with zero attached hydrogens (tertiary/aromatic N) is 2. The normalized spacial score (nSPS) is 12.5. The molecule has 0 radical (unpaired) electrons. The largest absolute Gasteiger partial charge is 0.480 e. The summed E-state index contributed by atoms with van der Waals surface area (Å²) in [5.74, 6) is -1.27. The van der Waals surface area contributed by atoms with Crippen molar-refractivity contribution in [2.75, 3.05) is 6.61 Å². The molecule has 0 fully saturated rings. The van der Waals surface area contributed by atoms with Crippen LogP contribution in [0.15, 0.2) is 47.1 Å². The maximum absolute atomic E-state index is 12.8. The van der Waals surface area contributed by atoms with E-state index >= 15 is 0 Å². The number of fused-ring (bicyclic) bond motifs is 1. The van der Waals surface area contributed by atoms with Gasteiger partial charge in [-0.05, 0) is 41.1 Å². The van der Waals surface area contributed by atoms with Gasteiger partial charge >= 0.3 is 12.6 Å². The number of alkyl halides is 2. The first kappa shape index (κ1) is 19.2. The predicted octanol–water partition coefficient (Wildman–Crippen LogP) is 4.20. The highest BCUT2D eigenvalue weighted by Crippen LogP contribution is 2.36. The highest BCUT2D eigenvalue weighted by atomic mass is 79.9. The van der Waals surface area contributed by atoms with Crippen molar-refractivity contribution in [3.8, 4) is 5.75 Å². The second kappa shape index (κ2) is 8.01. The smallest absolute Gasteiger partial charge is 0.387 e. The van der Waals surface area contributed by atoms with Crippen LogP contribution in [0.2, 0.25) is 0 Å². The van der Waals surface area contributed by atoms with Crippen molar-refractivity contribution < 1.29 is 28.2 Å². The van der Waals surface area contributed by atoms with E-state index in [1.165, 1.54) is 6.07 Å². The van der Waals surface area contributed by atoms with Crippen molar-refractivity contribution in [2.24, 2.45) is 0 Å². The molecule has 6 nitrogen and oxygen atoms in total. The van der Waals surface area contributed by atoms with E-state index in [4.69, 9.17) is 9.84 Å². The number of hydrogen-bond acceptors (Lipinski definition) is 4. The number of ether oxygens (including phenoxy) is 2. The minimum atomic E-state index is -3.02. The van der Waals surface area contributed by atoms with Gasteiger partial charge in [0.1, 0.15) is 24.1 Å². The minimum absolute atomic E-state index is 0.0905. The van der Waals surface area contributed by atoms with Crippen LogP contribution in [0.4, 0.5) is 8.78 Å². The quantitative estimate of drug-likeness (QED) is 0.595. The van der Waals surface area contributed by atoms with Gasteiger partial charge in [-0.1, -0.05) is 18.2 Å². The molecule has 0 spiro atoms. The average molecular weight is 441 g/mol. The lowest BCUT2D eigenvalue weighted by Crippen LogP contribution is -2.17. The van der Waals surface area contributed by atoms with E-state index in [1.54, 1.807) is 41.8 Å². The third-order valence-corrected chi connectivity index (χ3v) is 4.31. The summed E-state index contributed by atoms with van der Waals surface area (Å²) < 4.78 is 38.3. The molecule has 2 aromatic heterocycles. The third kappa shape index (κ3) is 4.25. The number of pyridine rings is 1. The molecule has 0 saturated carbocycles. The Morgan fingerprint density at radius 2 is 2.04 bits per heavy atom. The Bertz CT molecular complexity index is 977. The summed E-state index contributed by atoms with van der Waals surface area (Å²) in [5, 5.41) is 9.04. The zero-order valence-corrected chi connectivity index (χ0v) is 15.7. The van der Waals surface area contributed by atoms with Gasteiger partial charge in [-0.15, -0.1) is 0 Å². The first-order valence-electron chi connectivity index (χ1n) is 7.88. The van der Waals surface area contributed by atoms with Gasteiger partial charge in [0.2, 0.25) is 0 Å². The number of carbonyl (C=O) groups is 1. The molecular weight excluding hydrogens is 426 g/mol. The summed E-state index contributed by atoms with van der Waals surface area (Å²) in [6.45, 7) is -1.90. The van der Waals surface area contributed by atoms with Crippen LogP contribution in [0.1, 0.15) is 23.1 Å². The molecule has 0 bridgehead atoms. The van der Waals surface area contributed by atoms with Crippen molar-refractivity contribution in [3.63, 3.8) is 0 Å². The molecule has 0 aliphatic carbocycles. The molecule has 1 aromatic carbocycles. The third-order valence-electron chi connectivity index (χ3n) is 3.84. The van der Waals surface area contributed by atoms with Gasteiger partial charge in [-0.3, -0.25) is 4.40 Å². The van der Waals surface area contributed by atoms with Crippen LogP contribution in [0.25, 0.3) is 5.65 Å². The Morgan fingerprint density at radius 3 is 2.74 bits per heavy atom. The highest BCUT2D eigenvalue weighted by molar-refractivity contribution is 9.10. The zero-order chi connectivity index (χ0) is 19.6. The Balaban J connectivity index is 2.18. The topological polar surface area (TPSA) is 73.1 Å². The molecule has 1 N–H and O–H groups in total. The summed E-state index contributed by atoms with van der Waals surface area (Å²) in [5.41, 5.74) is 2.00. The Hall–Kier alpha value is -2.52. The average Bonchev–Trinajstić information content (AvgIpc) is 2.91.